The van der Waals surface area contributed by atoms with Gasteiger partial charge in [-0.25, -0.2) is 4.98 Å². The van der Waals surface area contributed by atoms with E-state index in [2.05, 4.69) is 16.7 Å². The van der Waals surface area contributed by atoms with Crippen molar-refractivity contribution in [2.24, 2.45) is 0 Å². The monoisotopic (exact) mass is 284 g/mol. The summed E-state index contributed by atoms with van der Waals surface area (Å²) in [5.74, 6) is 0.0609. The second kappa shape index (κ2) is 3.69. The van der Waals surface area contributed by atoms with Gasteiger partial charge in [-0.05, 0) is 23.6 Å². The molecule has 1 aromatic carbocycles. The lowest BCUT2D eigenvalue weighted by Crippen LogP contribution is -2.37. The van der Waals surface area contributed by atoms with Crippen LogP contribution in [0.4, 0.5) is 0 Å². The number of thiophene rings is 1. The quantitative estimate of drug-likeness (QED) is 0.689. The number of rotatable bonds is 1. The normalized spacial score (nSPS) is 27.9. The van der Waals surface area contributed by atoms with Crippen molar-refractivity contribution in [2.75, 3.05) is 6.61 Å². The number of benzene rings is 1. The van der Waals surface area contributed by atoms with E-state index in [1.54, 1.807) is 11.3 Å². The highest BCUT2D eigenvalue weighted by atomic mass is 32.1. The van der Waals surface area contributed by atoms with E-state index in [-0.39, 0.29) is 6.10 Å². The summed E-state index contributed by atoms with van der Waals surface area (Å²) >= 11 is 1.65. The highest BCUT2D eigenvalue weighted by Gasteiger charge is 2.52. The molecular formula is C15H12N2O2S. The molecule has 0 N–H and O–H groups in total. The second-order valence-electron chi connectivity index (χ2n) is 5.18. The zero-order chi connectivity index (χ0) is 13.2. The van der Waals surface area contributed by atoms with Crippen molar-refractivity contribution in [1.82, 2.24) is 9.55 Å². The van der Waals surface area contributed by atoms with Gasteiger partial charge in [0, 0.05) is 0 Å². The van der Waals surface area contributed by atoms with E-state index in [1.807, 2.05) is 29.6 Å². The molecule has 100 valence electrons. The molecule has 4 heterocycles. The predicted molar refractivity (Wildman–Crippen MR) is 75.7 cm³/mol. The Kier molecular flexibility index (Phi) is 2.04. The van der Waals surface area contributed by atoms with Gasteiger partial charge in [0.2, 0.25) is 0 Å². The summed E-state index contributed by atoms with van der Waals surface area (Å²) in [5, 5.41) is 2.05. The molecule has 1 fully saturated rings. The van der Waals surface area contributed by atoms with Crippen LogP contribution >= 0.6 is 11.3 Å². The average Bonchev–Trinajstić information content (AvgIpc) is 3.18. The Labute approximate surface area is 119 Å². The summed E-state index contributed by atoms with van der Waals surface area (Å²) < 4.78 is 14.5. The van der Waals surface area contributed by atoms with Crippen molar-refractivity contribution in [3.8, 4) is 0 Å². The van der Waals surface area contributed by atoms with Crippen LogP contribution in [0.1, 0.15) is 10.7 Å². The van der Waals surface area contributed by atoms with Crippen molar-refractivity contribution in [3.05, 3.63) is 52.5 Å². The van der Waals surface area contributed by atoms with Crippen LogP contribution < -0.4 is 0 Å². The van der Waals surface area contributed by atoms with Crippen molar-refractivity contribution < 1.29 is 9.47 Å². The molecule has 20 heavy (non-hydrogen) atoms. The SMILES string of the molecule is c1csc(C23OCC(Cn4c2nc2ccccc24)O3)c1. The number of hydrogen-bond acceptors (Lipinski definition) is 4. The maximum Gasteiger partial charge on any atom is 0.266 e. The van der Waals surface area contributed by atoms with Crippen LogP contribution in [-0.2, 0) is 21.8 Å². The van der Waals surface area contributed by atoms with Crippen molar-refractivity contribution in [1.29, 1.82) is 0 Å². The third-order valence-corrected chi connectivity index (χ3v) is 4.94. The second-order valence-corrected chi connectivity index (χ2v) is 6.13. The maximum absolute atomic E-state index is 6.19. The van der Waals surface area contributed by atoms with Crippen LogP contribution in [-0.4, -0.2) is 22.3 Å². The summed E-state index contributed by atoms with van der Waals surface area (Å²) in [6.45, 7) is 1.43. The largest absolute Gasteiger partial charge is 0.336 e. The molecule has 5 rings (SSSR count). The lowest BCUT2D eigenvalue weighted by molar-refractivity contribution is -0.160. The molecule has 1 saturated heterocycles. The average molecular weight is 284 g/mol. The standard InChI is InChI=1S/C15H12N2O2S/c1-2-5-12-11(4-1)16-14-15(13-6-3-7-20-13)18-9-10(19-15)8-17(12)14/h1-7,10H,8-9H2. The third-order valence-electron chi connectivity index (χ3n) is 3.99. The first-order chi connectivity index (χ1) is 9.87. The zero-order valence-electron chi connectivity index (χ0n) is 10.7. The van der Waals surface area contributed by atoms with Crippen molar-refractivity contribution >= 4 is 22.4 Å². The van der Waals surface area contributed by atoms with E-state index in [4.69, 9.17) is 14.5 Å². The molecule has 0 radical (unpaired) electrons. The van der Waals surface area contributed by atoms with Gasteiger partial charge in [-0.15, -0.1) is 11.3 Å². The van der Waals surface area contributed by atoms with Gasteiger partial charge in [-0.1, -0.05) is 18.2 Å². The summed E-state index contributed by atoms with van der Waals surface area (Å²) in [6, 6.07) is 12.3. The number of imidazole rings is 1. The number of ether oxygens (including phenoxy) is 2. The van der Waals surface area contributed by atoms with E-state index in [0.29, 0.717) is 6.61 Å². The number of aromatic nitrogens is 2. The number of nitrogens with zero attached hydrogens (tertiary/aromatic N) is 2. The van der Waals surface area contributed by atoms with E-state index in [9.17, 15) is 0 Å². The van der Waals surface area contributed by atoms with Gasteiger partial charge in [-0.3, -0.25) is 0 Å². The first kappa shape index (κ1) is 11.0. The summed E-state index contributed by atoms with van der Waals surface area (Å²) in [7, 11) is 0. The molecule has 2 aliphatic heterocycles. The summed E-state index contributed by atoms with van der Waals surface area (Å²) in [4.78, 5) is 5.85. The predicted octanol–water partition coefficient (Wildman–Crippen LogP) is 2.73. The molecule has 2 aromatic heterocycles. The smallest absolute Gasteiger partial charge is 0.266 e. The molecule has 0 aliphatic carbocycles. The Balaban J connectivity index is 1.84. The van der Waals surface area contributed by atoms with E-state index in [0.717, 1.165) is 28.3 Å². The van der Waals surface area contributed by atoms with E-state index in [1.165, 1.54) is 0 Å². The molecule has 2 unspecified atom stereocenters. The van der Waals surface area contributed by atoms with Gasteiger partial charge in [0.25, 0.3) is 5.79 Å². The van der Waals surface area contributed by atoms with Crippen molar-refractivity contribution in [2.45, 2.75) is 18.4 Å². The van der Waals surface area contributed by atoms with Crippen LogP contribution in [0.15, 0.2) is 41.8 Å². The molecule has 0 spiro atoms. The summed E-state index contributed by atoms with van der Waals surface area (Å²) in [6.07, 6.45) is 0.0993. The van der Waals surface area contributed by atoms with Crippen LogP contribution in [0.25, 0.3) is 11.0 Å². The summed E-state index contributed by atoms with van der Waals surface area (Å²) in [5.41, 5.74) is 2.15. The molecule has 0 amide bonds. The van der Waals surface area contributed by atoms with Crippen LogP contribution in [0.3, 0.4) is 0 Å². The van der Waals surface area contributed by atoms with E-state index < -0.39 is 5.79 Å². The van der Waals surface area contributed by atoms with E-state index >= 15 is 0 Å². The minimum atomic E-state index is -0.809. The Bertz CT molecular complexity index is 795. The molecule has 2 bridgehead atoms. The lowest BCUT2D eigenvalue weighted by atomic mass is 10.2. The Morgan fingerprint density at radius 3 is 3.10 bits per heavy atom. The van der Waals surface area contributed by atoms with Gasteiger partial charge in [0.1, 0.15) is 6.10 Å². The first-order valence-electron chi connectivity index (χ1n) is 6.68. The van der Waals surface area contributed by atoms with Crippen LogP contribution in [0.5, 0.6) is 0 Å². The maximum atomic E-state index is 6.19. The topological polar surface area (TPSA) is 36.3 Å². The fourth-order valence-electron chi connectivity index (χ4n) is 3.14. The Morgan fingerprint density at radius 2 is 2.20 bits per heavy atom. The third kappa shape index (κ3) is 1.25. The fraction of sp³-hybridized carbons (Fsp3) is 0.267. The number of fused-ring (bicyclic) bond motifs is 6. The van der Waals surface area contributed by atoms with Gasteiger partial charge in [-0.2, -0.15) is 0 Å². The molecule has 4 nitrogen and oxygen atoms in total. The molecular weight excluding hydrogens is 272 g/mol. The van der Waals surface area contributed by atoms with Gasteiger partial charge >= 0.3 is 0 Å². The van der Waals surface area contributed by atoms with Gasteiger partial charge < -0.3 is 14.0 Å². The molecule has 0 saturated carbocycles. The minimum Gasteiger partial charge on any atom is -0.336 e. The van der Waals surface area contributed by atoms with Crippen LogP contribution in [0.2, 0.25) is 0 Å². The zero-order valence-corrected chi connectivity index (χ0v) is 11.5. The Hall–Kier alpha value is -1.69. The first-order valence-corrected chi connectivity index (χ1v) is 7.56. The van der Waals surface area contributed by atoms with Gasteiger partial charge in [0.15, 0.2) is 5.82 Å². The molecule has 2 aliphatic rings. The fourth-order valence-corrected chi connectivity index (χ4v) is 3.96. The number of para-hydroxylation sites is 2. The number of hydrogen-bond donors (Lipinski definition) is 0. The van der Waals surface area contributed by atoms with Crippen LogP contribution in [0, 0.1) is 0 Å². The Morgan fingerprint density at radius 1 is 1.25 bits per heavy atom. The highest BCUT2D eigenvalue weighted by molar-refractivity contribution is 7.10. The van der Waals surface area contributed by atoms with Gasteiger partial charge in [0.05, 0.1) is 29.1 Å². The lowest BCUT2D eigenvalue weighted by Gasteiger charge is -2.31. The molecule has 5 heteroatoms. The minimum absolute atomic E-state index is 0.0993. The highest BCUT2D eigenvalue weighted by Crippen LogP contribution is 2.46. The molecule has 3 aromatic rings. The molecule has 2 atom stereocenters. The van der Waals surface area contributed by atoms with Crippen molar-refractivity contribution in [3.63, 3.8) is 0 Å².